The van der Waals surface area contributed by atoms with Crippen molar-refractivity contribution in [2.75, 3.05) is 0 Å². The van der Waals surface area contributed by atoms with Gasteiger partial charge in [-0.3, -0.25) is 4.98 Å². The van der Waals surface area contributed by atoms with Crippen molar-refractivity contribution in [2.45, 2.75) is 0 Å². The lowest BCUT2D eigenvalue weighted by Crippen LogP contribution is -1.64. The van der Waals surface area contributed by atoms with Crippen molar-refractivity contribution in [3.63, 3.8) is 0 Å². The van der Waals surface area contributed by atoms with Gasteiger partial charge in [0.15, 0.2) is 0 Å². The summed E-state index contributed by atoms with van der Waals surface area (Å²) in [6.07, 6.45) is 1.38. The molecule has 0 amide bonds. The molecule has 36 valence electrons. The van der Waals surface area contributed by atoms with Gasteiger partial charge in [0.2, 0.25) is 0 Å². The molecule has 0 aliphatic rings. The lowest BCUT2D eigenvalue weighted by Gasteiger charge is -1.81. The van der Waals surface area contributed by atoms with Crippen LogP contribution in [-0.2, 0) is 0 Å². The first-order valence-electron chi connectivity index (χ1n) is 2.41. The van der Waals surface area contributed by atoms with Crippen molar-refractivity contribution in [3.8, 4) is 5.75 Å². The number of rotatable bonds is 0. The van der Waals surface area contributed by atoms with Crippen LogP contribution in [0.25, 0.3) is 0 Å². The van der Waals surface area contributed by atoms with Crippen molar-refractivity contribution in [2.24, 2.45) is 0 Å². The summed E-state index contributed by atoms with van der Waals surface area (Å²) in [6.45, 7) is 0. The molecule has 0 saturated carbocycles. The van der Waals surface area contributed by atoms with E-state index in [9.17, 15) is 0 Å². The van der Waals surface area contributed by atoms with E-state index in [2.05, 4.69) is 4.98 Å². The number of hydrogen-bond donors (Lipinski definition) is 1. The molecule has 1 heterocycles. The molecule has 0 saturated heterocycles. The van der Waals surface area contributed by atoms with E-state index < -0.39 is 0 Å². The third kappa shape index (κ3) is 0.892. The highest BCUT2D eigenvalue weighted by Gasteiger charge is 1.76. The van der Waals surface area contributed by atoms with E-state index in [1.807, 2.05) is 0 Å². The second-order valence-corrected chi connectivity index (χ2v) is 1.13. The second-order valence-electron chi connectivity index (χ2n) is 1.13. The van der Waals surface area contributed by atoms with Crippen LogP contribution >= 0.6 is 0 Å². The highest BCUT2D eigenvalue weighted by Crippen LogP contribution is 1.99. The monoisotopic (exact) mass is 96.0 g/mol. The maximum absolute atomic E-state index is 8.67. The number of nitrogens with zero attached hydrogens (tertiary/aromatic N) is 1. The topological polar surface area (TPSA) is 33.1 Å². The normalized spacial score (nSPS) is 10.6. The van der Waals surface area contributed by atoms with Gasteiger partial charge in [0.1, 0.15) is 5.75 Å². The van der Waals surface area contributed by atoms with Gasteiger partial charge in [-0.05, 0) is 12.1 Å². The fourth-order valence-electron chi connectivity index (χ4n) is 0.318. The Kier molecular flexibility index (Phi) is 0.689. The summed E-state index contributed by atoms with van der Waals surface area (Å²) in [6, 6.07) is 3.00. The zero-order valence-electron chi connectivity index (χ0n) is 4.63. The predicted octanol–water partition coefficient (Wildman–Crippen LogP) is 0.787. The molecule has 0 spiro atoms. The average molecular weight is 96.1 g/mol. The van der Waals surface area contributed by atoms with Gasteiger partial charge in [-0.1, -0.05) is 0 Å². The van der Waals surface area contributed by atoms with Crippen LogP contribution in [0.5, 0.6) is 5.75 Å². The van der Waals surface area contributed by atoms with Gasteiger partial charge in [-0.2, -0.15) is 0 Å². The van der Waals surface area contributed by atoms with Crippen LogP contribution < -0.4 is 0 Å². The van der Waals surface area contributed by atoms with Gasteiger partial charge in [-0.15, -0.1) is 0 Å². The van der Waals surface area contributed by atoms with E-state index in [4.69, 9.17) is 6.48 Å². The van der Waals surface area contributed by atoms with Gasteiger partial charge in [0.05, 0.1) is 7.54 Å². The molecule has 0 unspecified atom stereocenters. The Morgan fingerprint density at radius 1 is 1.86 bits per heavy atom. The summed E-state index contributed by atoms with van der Waals surface area (Å²) in [7, 11) is 0. The lowest BCUT2D eigenvalue weighted by atomic mass is 10.5. The van der Waals surface area contributed by atoms with Crippen LogP contribution in [0.4, 0.5) is 0 Å². The summed E-state index contributed by atoms with van der Waals surface area (Å²) in [5.74, 6) is -0.0764. The number of pyridine rings is 1. The maximum Gasteiger partial charge on any atom is 0.133 e. The Hall–Kier alpha value is -1.05. The van der Waals surface area contributed by atoms with E-state index in [1.165, 1.54) is 12.3 Å². The van der Waals surface area contributed by atoms with Gasteiger partial charge in [0.25, 0.3) is 0 Å². The largest absolute Gasteiger partial charge is 0.506 e. The van der Waals surface area contributed by atoms with Crippen LogP contribution in [0.15, 0.2) is 24.5 Å². The van der Waals surface area contributed by atoms with E-state index >= 15 is 0 Å². The van der Waals surface area contributed by atoms with Crippen LogP contribution in [0.2, 0.25) is 0 Å². The Balaban J connectivity index is 3.13. The molecule has 1 aromatic rings. The van der Waals surface area contributed by atoms with Crippen LogP contribution in [0, 0.1) is 0 Å². The summed E-state index contributed by atoms with van der Waals surface area (Å²) in [5.41, 5.74) is 0. The maximum atomic E-state index is 8.67. The quantitative estimate of drug-likeness (QED) is 0.518. The summed E-state index contributed by atoms with van der Waals surface area (Å²) in [4.78, 5) is 3.50. The first-order chi connectivity index (χ1) is 3.80. The van der Waals surface area contributed by atoms with Crippen LogP contribution in [0.3, 0.4) is 0 Å². The SMILES string of the molecule is [2H]c1ncccc1O. The minimum Gasteiger partial charge on any atom is -0.506 e. The Labute approximate surface area is 42.9 Å². The van der Waals surface area contributed by atoms with Crippen molar-refractivity contribution < 1.29 is 6.48 Å². The fraction of sp³-hybridized carbons (Fsp3) is 0. The van der Waals surface area contributed by atoms with E-state index in [-0.39, 0.29) is 11.9 Å². The summed E-state index contributed by atoms with van der Waals surface area (Å²) in [5, 5.41) is 8.67. The van der Waals surface area contributed by atoms with Gasteiger partial charge < -0.3 is 5.11 Å². The smallest absolute Gasteiger partial charge is 0.133 e. The molecular formula is C5H5NO. The first-order valence-corrected chi connectivity index (χ1v) is 1.91. The Bertz CT molecular complexity index is 169. The first kappa shape index (κ1) is 3.02. The molecule has 1 rings (SSSR count). The molecule has 0 fully saturated rings. The van der Waals surface area contributed by atoms with Crippen molar-refractivity contribution in [3.05, 3.63) is 24.5 Å². The molecule has 0 aliphatic heterocycles. The minimum atomic E-state index is -0.0764. The van der Waals surface area contributed by atoms with Crippen LogP contribution in [0.1, 0.15) is 1.37 Å². The third-order valence-electron chi connectivity index (χ3n) is 0.594. The van der Waals surface area contributed by atoms with E-state index in [1.54, 1.807) is 6.07 Å². The van der Waals surface area contributed by atoms with Gasteiger partial charge >= 0.3 is 0 Å². The Morgan fingerprint density at radius 3 is 3.14 bits per heavy atom. The average Bonchev–Trinajstić information content (AvgIpc) is 1.77. The number of aromatic hydroxyl groups is 1. The molecule has 0 radical (unpaired) electrons. The van der Waals surface area contributed by atoms with Gasteiger partial charge in [-0.25, -0.2) is 0 Å². The fourth-order valence-corrected chi connectivity index (χ4v) is 0.318. The molecule has 0 aromatic carbocycles. The summed E-state index contributed by atoms with van der Waals surface area (Å²) < 4.78 is 6.86. The Morgan fingerprint density at radius 2 is 2.71 bits per heavy atom. The van der Waals surface area contributed by atoms with Crippen molar-refractivity contribution >= 4 is 0 Å². The molecule has 0 atom stereocenters. The second kappa shape index (κ2) is 1.60. The van der Waals surface area contributed by atoms with Gasteiger partial charge in [0, 0.05) is 6.20 Å². The highest BCUT2D eigenvalue weighted by atomic mass is 16.3. The minimum absolute atomic E-state index is 0.0764. The standard InChI is InChI=1S/C5H5NO/c7-5-2-1-3-6-4-5/h1-4,7H/i4D. The third-order valence-corrected chi connectivity index (χ3v) is 0.594. The number of hydrogen-bond acceptors (Lipinski definition) is 2. The molecule has 0 bridgehead atoms. The molecule has 2 nitrogen and oxygen atoms in total. The molecule has 0 aliphatic carbocycles. The van der Waals surface area contributed by atoms with E-state index in [0.717, 1.165) is 0 Å². The molecule has 7 heavy (non-hydrogen) atoms. The zero-order chi connectivity index (χ0) is 5.98. The lowest BCUT2D eigenvalue weighted by molar-refractivity contribution is 0.472. The van der Waals surface area contributed by atoms with Crippen molar-refractivity contribution in [1.82, 2.24) is 4.98 Å². The van der Waals surface area contributed by atoms with Crippen molar-refractivity contribution in [1.29, 1.82) is 0 Å². The molecular weight excluding hydrogens is 90.1 g/mol. The molecule has 2 heteroatoms. The summed E-state index contributed by atoms with van der Waals surface area (Å²) >= 11 is 0. The highest BCUT2D eigenvalue weighted by molar-refractivity contribution is 5.12. The molecule has 1 N–H and O–H groups in total. The van der Waals surface area contributed by atoms with E-state index in [0.29, 0.717) is 0 Å². The predicted molar refractivity (Wildman–Crippen MR) is 25.9 cm³/mol. The zero-order valence-corrected chi connectivity index (χ0v) is 3.63. The number of aromatic nitrogens is 1. The van der Waals surface area contributed by atoms with Crippen LogP contribution in [-0.4, -0.2) is 10.1 Å². The molecule has 1 aromatic heterocycles.